The Balaban J connectivity index is 3.81. The molecule has 92 valence electrons. The molecular weight excluding hydrogens is 214 g/mol. The van der Waals surface area contributed by atoms with Crippen LogP contribution in [0.4, 0.5) is 4.79 Å². The largest absolute Gasteiger partial charge is 0.481 e. The Kier molecular flexibility index (Phi) is 6.86. The predicted octanol–water partition coefficient (Wildman–Crippen LogP) is -0.632. The van der Waals surface area contributed by atoms with Gasteiger partial charge in [0.1, 0.15) is 0 Å². The lowest BCUT2D eigenvalue weighted by Crippen LogP contribution is -2.37. The third-order valence-corrected chi connectivity index (χ3v) is 2.01. The topological polar surface area (TPSA) is 113 Å². The molecule has 0 unspecified atom stereocenters. The molecule has 0 aromatic heterocycles. The molecule has 0 aromatic carbocycles. The number of carboxylic acids is 1. The highest BCUT2D eigenvalue weighted by Crippen LogP contribution is 1.94. The fourth-order valence-corrected chi connectivity index (χ4v) is 1.14. The molecule has 0 atom stereocenters. The Morgan fingerprint density at radius 3 is 2.25 bits per heavy atom. The van der Waals surface area contributed by atoms with E-state index >= 15 is 0 Å². The van der Waals surface area contributed by atoms with Gasteiger partial charge in [-0.15, -0.1) is 0 Å². The molecule has 7 heteroatoms. The zero-order valence-electron chi connectivity index (χ0n) is 9.23. The summed E-state index contributed by atoms with van der Waals surface area (Å²) in [6.07, 6.45) is 0.154. The van der Waals surface area contributed by atoms with E-state index in [0.717, 1.165) is 0 Å². The molecule has 0 saturated carbocycles. The zero-order chi connectivity index (χ0) is 12.6. The van der Waals surface area contributed by atoms with Gasteiger partial charge in [0.2, 0.25) is 5.91 Å². The monoisotopic (exact) mass is 231 g/mol. The minimum Gasteiger partial charge on any atom is -0.481 e. The summed E-state index contributed by atoms with van der Waals surface area (Å²) in [7, 11) is 0. The maximum absolute atomic E-state index is 11.1. The van der Waals surface area contributed by atoms with Gasteiger partial charge >= 0.3 is 12.0 Å². The van der Waals surface area contributed by atoms with Gasteiger partial charge in [-0.2, -0.15) is 0 Å². The number of imide groups is 1. The van der Waals surface area contributed by atoms with E-state index in [0.29, 0.717) is 19.6 Å². The van der Waals surface area contributed by atoms with Crippen molar-refractivity contribution >= 4 is 17.9 Å². The van der Waals surface area contributed by atoms with E-state index in [4.69, 9.17) is 10.8 Å². The molecule has 7 nitrogen and oxygen atoms in total. The standard InChI is InChI=1S/C9H17N3O4/c1-2-12(6-4-8(14)15)5-3-7(13)11-9(10)16/h2-6H2,1H3,(H,14,15)(H3,10,11,13,16). The van der Waals surface area contributed by atoms with Crippen LogP contribution in [0.25, 0.3) is 0 Å². The minimum absolute atomic E-state index is 0.0330. The van der Waals surface area contributed by atoms with Gasteiger partial charge in [0.15, 0.2) is 0 Å². The fourth-order valence-electron chi connectivity index (χ4n) is 1.14. The summed E-state index contributed by atoms with van der Waals surface area (Å²) in [5.74, 6) is -1.33. The quantitative estimate of drug-likeness (QED) is 0.540. The van der Waals surface area contributed by atoms with Gasteiger partial charge in [-0.3, -0.25) is 14.9 Å². The van der Waals surface area contributed by atoms with Crippen molar-refractivity contribution in [3.63, 3.8) is 0 Å². The molecule has 3 amide bonds. The first-order chi connectivity index (χ1) is 7.45. The van der Waals surface area contributed by atoms with Crippen LogP contribution >= 0.6 is 0 Å². The second-order valence-corrected chi connectivity index (χ2v) is 3.24. The Bertz CT molecular complexity index is 267. The number of primary amides is 1. The van der Waals surface area contributed by atoms with Crippen LogP contribution in [0, 0.1) is 0 Å². The minimum atomic E-state index is -0.876. The fraction of sp³-hybridized carbons (Fsp3) is 0.667. The number of nitrogens with zero attached hydrogens (tertiary/aromatic N) is 1. The molecule has 0 aliphatic heterocycles. The molecule has 4 N–H and O–H groups in total. The molecule has 0 heterocycles. The number of aliphatic carboxylic acids is 1. The van der Waals surface area contributed by atoms with Crippen LogP contribution in [0.3, 0.4) is 0 Å². The number of amides is 3. The van der Waals surface area contributed by atoms with Crippen LogP contribution in [0.1, 0.15) is 19.8 Å². The van der Waals surface area contributed by atoms with Gasteiger partial charge in [0.05, 0.1) is 6.42 Å². The Hall–Kier alpha value is -1.63. The first-order valence-corrected chi connectivity index (χ1v) is 4.99. The summed E-state index contributed by atoms with van der Waals surface area (Å²) in [5, 5.41) is 10.4. The molecule has 0 spiro atoms. The zero-order valence-corrected chi connectivity index (χ0v) is 9.23. The van der Waals surface area contributed by atoms with E-state index in [1.807, 2.05) is 17.1 Å². The molecule has 0 radical (unpaired) electrons. The summed E-state index contributed by atoms with van der Waals surface area (Å²) in [5.41, 5.74) is 4.77. The molecule has 0 aromatic rings. The van der Waals surface area contributed by atoms with E-state index in [9.17, 15) is 14.4 Å². The van der Waals surface area contributed by atoms with Crippen molar-refractivity contribution in [2.24, 2.45) is 5.73 Å². The SMILES string of the molecule is CCN(CCC(=O)O)CCC(=O)NC(N)=O. The Morgan fingerprint density at radius 2 is 1.81 bits per heavy atom. The van der Waals surface area contributed by atoms with Crippen LogP contribution in [-0.4, -0.2) is 47.5 Å². The molecule has 0 aliphatic rings. The third-order valence-electron chi connectivity index (χ3n) is 2.01. The number of carbonyl (C=O) groups is 3. The first-order valence-electron chi connectivity index (χ1n) is 4.99. The van der Waals surface area contributed by atoms with E-state index in [-0.39, 0.29) is 12.8 Å². The van der Waals surface area contributed by atoms with Crippen molar-refractivity contribution in [1.82, 2.24) is 10.2 Å². The van der Waals surface area contributed by atoms with Gasteiger partial charge in [-0.1, -0.05) is 6.92 Å². The lowest BCUT2D eigenvalue weighted by atomic mass is 10.3. The van der Waals surface area contributed by atoms with Crippen molar-refractivity contribution in [1.29, 1.82) is 0 Å². The second-order valence-electron chi connectivity index (χ2n) is 3.24. The summed E-state index contributed by atoms with van der Waals surface area (Å²) < 4.78 is 0. The highest BCUT2D eigenvalue weighted by Gasteiger charge is 2.09. The molecule has 16 heavy (non-hydrogen) atoms. The van der Waals surface area contributed by atoms with Gasteiger partial charge in [-0.05, 0) is 6.54 Å². The van der Waals surface area contributed by atoms with Crippen LogP contribution in [0.2, 0.25) is 0 Å². The van der Waals surface area contributed by atoms with E-state index < -0.39 is 17.9 Å². The Morgan fingerprint density at radius 1 is 1.25 bits per heavy atom. The smallest absolute Gasteiger partial charge is 0.318 e. The number of nitrogens with two attached hydrogens (primary N) is 1. The number of carbonyl (C=O) groups excluding carboxylic acids is 2. The third kappa shape index (κ3) is 7.74. The molecule has 0 aliphatic carbocycles. The maximum Gasteiger partial charge on any atom is 0.318 e. The molecular formula is C9H17N3O4. The van der Waals surface area contributed by atoms with E-state index in [1.54, 1.807) is 0 Å². The van der Waals surface area contributed by atoms with E-state index in [2.05, 4.69) is 0 Å². The highest BCUT2D eigenvalue weighted by molar-refractivity contribution is 5.93. The van der Waals surface area contributed by atoms with Crippen LogP contribution < -0.4 is 11.1 Å². The average molecular weight is 231 g/mol. The van der Waals surface area contributed by atoms with Gasteiger partial charge in [0, 0.05) is 19.5 Å². The molecule has 0 saturated heterocycles. The van der Waals surface area contributed by atoms with Crippen molar-refractivity contribution < 1.29 is 19.5 Å². The lowest BCUT2D eigenvalue weighted by Gasteiger charge is -2.18. The molecule has 0 fully saturated rings. The van der Waals surface area contributed by atoms with Crippen LogP contribution in [-0.2, 0) is 9.59 Å². The predicted molar refractivity (Wildman–Crippen MR) is 56.7 cm³/mol. The van der Waals surface area contributed by atoms with Crippen molar-refractivity contribution in [2.75, 3.05) is 19.6 Å². The number of carboxylic acid groups (broad SMARTS) is 1. The summed E-state index contributed by atoms with van der Waals surface area (Å²) in [6, 6.07) is -0.876. The molecule has 0 bridgehead atoms. The first kappa shape index (κ1) is 14.4. The van der Waals surface area contributed by atoms with Gasteiger partial charge in [-0.25, -0.2) is 4.79 Å². The van der Waals surface area contributed by atoms with Crippen LogP contribution in [0.15, 0.2) is 0 Å². The maximum atomic E-state index is 11.1. The van der Waals surface area contributed by atoms with Gasteiger partial charge < -0.3 is 15.7 Å². The summed E-state index contributed by atoms with van der Waals surface area (Å²) in [6.45, 7) is 3.31. The number of nitrogens with one attached hydrogen (secondary N) is 1. The second kappa shape index (κ2) is 7.63. The normalized spacial score (nSPS) is 10.1. The number of rotatable bonds is 7. The summed E-state index contributed by atoms with van der Waals surface area (Å²) in [4.78, 5) is 33.5. The van der Waals surface area contributed by atoms with Crippen molar-refractivity contribution in [3.05, 3.63) is 0 Å². The average Bonchev–Trinajstić information content (AvgIpc) is 2.16. The van der Waals surface area contributed by atoms with Crippen molar-refractivity contribution in [3.8, 4) is 0 Å². The van der Waals surface area contributed by atoms with Crippen LogP contribution in [0.5, 0.6) is 0 Å². The summed E-state index contributed by atoms with van der Waals surface area (Å²) >= 11 is 0. The molecule has 0 rings (SSSR count). The van der Waals surface area contributed by atoms with Crippen molar-refractivity contribution in [2.45, 2.75) is 19.8 Å². The highest BCUT2D eigenvalue weighted by atomic mass is 16.4. The number of urea groups is 1. The van der Waals surface area contributed by atoms with Gasteiger partial charge in [0.25, 0.3) is 0 Å². The number of hydrogen-bond acceptors (Lipinski definition) is 4. The van der Waals surface area contributed by atoms with E-state index in [1.165, 1.54) is 0 Å². The Labute approximate surface area is 93.6 Å². The number of hydrogen-bond donors (Lipinski definition) is 3. The lowest BCUT2D eigenvalue weighted by molar-refractivity contribution is -0.137.